The number of hydrogen-bond donors (Lipinski definition) is 1. The van der Waals surface area contributed by atoms with E-state index in [1.165, 1.54) is 4.88 Å². The van der Waals surface area contributed by atoms with E-state index in [4.69, 9.17) is 5.73 Å². The van der Waals surface area contributed by atoms with E-state index in [0.29, 0.717) is 5.41 Å². The van der Waals surface area contributed by atoms with Crippen molar-refractivity contribution < 1.29 is 0 Å². The van der Waals surface area contributed by atoms with Crippen molar-refractivity contribution in [3.8, 4) is 0 Å². The molecule has 0 amide bonds. The van der Waals surface area contributed by atoms with Crippen LogP contribution >= 0.6 is 11.3 Å². The van der Waals surface area contributed by atoms with Gasteiger partial charge in [0.05, 0.1) is 5.51 Å². The van der Waals surface area contributed by atoms with Crippen LogP contribution in [0.2, 0.25) is 0 Å². The summed E-state index contributed by atoms with van der Waals surface area (Å²) in [5, 5.41) is 0. The molecule has 0 fully saturated rings. The molecule has 0 unspecified atom stereocenters. The molecule has 0 bridgehead atoms. The highest BCUT2D eigenvalue weighted by Gasteiger charge is 2.17. The Bertz CT molecular complexity index is 216. The standard InChI is InChI=1S/C9H16N2S/c1-9(2,3-4-10)5-8-6-11-7-12-8/h6-7H,3-5,10H2,1-2H3. The van der Waals surface area contributed by atoms with Gasteiger partial charge in [0.2, 0.25) is 0 Å². The van der Waals surface area contributed by atoms with Crippen LogP contribution in [0, 0.1) is 5.41 Å². The Kier molecular flexibility index (Phi) is 3.23. The molecule has 0 saturated heterocycles. The molecule has 68 valence electrons. The summed E-state index contributed by atoms with van der Waals surface area (Å²) in [6.07, 6.45) is 4.11. The zero-order valence-corrected chi connectivity index (χ0v) is 8.53. The van der Waals surface area contributed by atoms with Crippen molar-refractivity contribution in [2.75, 3.05) is 6.54 Å². The zero-order chi connectivity index (χ0) is 9.03. The Morgan fingerprint density at radius 2 is 2.33 bits per heavy atom. The van der Waals surface area contributed by atoms with E-state index in [-0.39, 0.29) is 0 Å². The van der Waals surface area contributed by atoms with Crippen molar-refractivity contribution in [3.05, 3.63) is 16.6 Å². The topological polar surface area (TPSA) is 38.9 Å². The van der Waals surface area contributed by atoms with Gasteiger partial charge in [0.15, 0.2) is 0 Å². The molecular formula is C9H16N2S. The SMILES string of the molecule is CC(C)(CCN)Cc1cncs1. The Labute approximate surface area is 77.8 Å². The van der Waals surface area contributed by atoms with Gasteiger partial charge in [0, 0.05) is 11.1 Å². The fourth-order valence-corrected chi connectivity index (χ4v) is 2.13. The van der Waals surface area contributed by atoms with Crippen molar-refractivity contribution in [3.63, 3.8) is 0 Å². The van der Waals surface area contributed by atoms with Crippen LogP contribution in [0.4, 0.5) is 0 Å². The summed E-state index contributed by atoms with van der Waals surface area (Å²) in [6.45, 7) is 5.27. The van der Waals surface area contributed by atoms with Gasteiger partial charge in [0.1, 0.15) is 0 Å². The molecule has 1 heterocycles. The molecule has 0 saturated carbocycles. The Morgan fingerprint density at radius 3 is 2.83 bits per heavy atom. The second kappa shape index (κ2) is 4.01. The van der Waals surface area contributed by atoms with Gasteiger partial charge in [-0.2, -0.15) is 0 Å². The van der Waals surface area contributed by atoms with Crippen LogP contribution in [0.3, 0.4) is 0 Å². The first kappa shape index (κ1) is 9.68. The average molecular weight is 184 g/mol. The van der Waals surface area contributed by atoms with Gasteiger partial charge in [-0.05, 0) is 24.8 Å². The fourth-order valence-electron chi connectivity index (χ4n) is 1.28. The number of nitrogens with zero attached hydrogens (tertiary/aromatic N) is 1. The molecule has 1 rings (SSSR count). The minimum absolute atomic E-state index is 0.321. The molecule has 0 spiro atoms. The molecule has 3 heteroatoms. The van der Waals surface area contributed by atoms with Gasteiger partial charge in [-0.25, -0.2) is 0 Å². The minimum Gasteiger partial charge on any atom is -0.330 e. The van der Waals surface area contributed by atoms with Gasteiger partial charge < -0.3 is 5.73 Å². The minimum atomic E-state index is 0.321. The predicted octanol–water partition coefficient (Wildman–Crippen LogP) is 2.06. The Balaban J connectivity index is 2.50. The van der Waals surface area contributed by atoms with Crippen LogP contribution < -0.4 is 5.73 Å². The van der Waals surface area contributed by atoms with E-state index in [2.05, 4.69) is 18.8 Å². The lowest BCUT2D eigenvalue weighted by Crippen LogP contribution is -2.19. The zero-order valence-electron chi connectivity index (χ0n) is 7.71. The van der Waals surface area contributed by atoms with Crippen LogP contribution in [-0.4, -0.2) is 11.5 Å². The van der Waals surface area contributed by atoms with Crippen LogP contribution in [0.25, 0.3) is 0 Å². The summed E-state index contributed by atoms with van der Waals surface area (Å²) in [6, 6.07) is 0. The van der Waals surface area contributed by atoms with Crippen LogP contribution in [-0.2, 0) is 6.42 Å². The molecule has 0 atom stereocenters. The third-order valence-electron chi connectivity index (χ3n) is 1.96. The molecule has 0 aliphatic rings. The lowest BCUT2D eigenvalue weighted by molar-refractivity contribution is 0.341. The van der Waals surface area contributed by atoms with E-state index < -0.39 is 0 Å². The number of rotatable bonds is 4. The largest absolute Gasteiger partial charge is 0.330 e. The molecule has 2 N–H and O–H groups in total. The van der Waals surface area contributed by atoms with E-state index in [1.54, 1.807) is 11.3 Å². The van der Waals surface area contributed by atoms with Crippen LogP contribution in [0.5, 0.6) is 0 Å². The second-order valence-corrected chi connectivity index (χ2v) is 4.82. The number of thiazole rings is 1. The first-order chi connectivity index (χ1) is 5.64. The summed E-state index contributed by atoms with van der Waals surface area (Å²) in [4.78, 5) is 5.41. The maximum absolute atomic E-state index is 5.53. The fraction of sp³-hybridized carbons (Fsp3) is 0.667. The monoisotopic (exact) mass is 184 g/mol. The normalized spacial score (nSPS) is 11.9. The molecular weight excluding hydrogens is 168 g/mol. The van der Waals surface area contributed by atoms with Crippen LogP contribution in [0.1, 0.15) is 25.1 Å². The molecule has 1 aromatic heterocycles. The molecule has 0 radical (unpaired) electrons. The van der Waals surface area contributed by atoms with Crippen molar-refractivity contribution in [1.82, 2.24) is 4.98 Å². The molecule has 1 aromatic rings. The predicted molar refractivity (Wildman–Crippen MR) is 53.3 cm³/mol. The van der Waals surface area contributed by atoms with Gasteiger partial charge in [0.25, 0.3) is 0 Å². The number of aromatic nitrogens is 1. The van der Waals surface area contributed by atoms with Crippen molar-refractivity contribution in [1.29, 1.82) is 0 Å². The van der Waals surface area contributed by atoms with E-state index in [9.17, 15) is 0 Å². The maximum Gasteiger partial charge on any atom is 0.0794 e. The molecule has 12 heavy (non-hydrogen) atoms. The highest BCUT2D eigenvalue weighted by molar-refractivity contribution is 7.09. The number of nitrogens with two attached hydrogens (primary N) is 1. The molecule has 0 aromatic carbocycles. The van der Waals surface area contributed by atoms with Gasteiger partial charge in [-0.15, -0.1) is 11.3 Å². The summed E-state index contributed by atoms with van der Waals surface area (Å²) < 4.78 is 0. The van der Waals surface area contributed by atoms with E-state index in [1.807, 2.05) is 11.7 Å². The first-order valence-electron chi connectivity index (χ1n) is 4.21. The summed E-state index contributed by atoms with van der Waals surface area (Å²) in [5.41, 5.74) is 7.73. The lowest BCUT2D eigenvalue weighted by Gasteiger charge is -2.22. The second-order valence-electron chi connectivity index (χ2n) is 3.85. The van der Waals surface area contributed by atoms with Crippen molar-refractivity contribution in [2.45, 2.75) is 26.7 Å². The Hall–Kier alpha value is -0.410. The van der Waals surface area contributed by atoms with Gasteiger partial charge >= 0.3 is 0 Å². The van der Waals surface area contributed by atoms with Crippen molar-refractivity contribution >= 4 is 11.3 Å². The quantitative estimate of drug-likeness (QED) is 0.778. The third-order valence-corrected chi connectivity index (χ3v) is 2.74. The molecule has 0 aliphatic carbocycles. The smallest absolute Gasteiger partial charge is 0.0794 e. The highest BCUT2D eigenvalue weighted by Crippen LogP contribution is 2.26. The van der Waals surface area contributed by atoms with Crippen molar-refractivity contribution in [2.24, 2.45) is 11.1 Å². The Morgan fingerprint density at radius 1 is 1.58 bits per heavy atom. The van der Waals surface area contributed by atoms with Gasteiger partial charge in [-0.1, -0.05) is 13.8 Å². The summed E-state index contributed by atoms with van der Waals surface area (Å²) >= 11 is 1.72. The maximum atomic E-state index is 5.53. The summed E-state index contributed by atoms with van der Waals surface area (Å²) in [5.74, 6) is 0. The van der Waals surface area contributed by atoms with E-state index in [0.717, 1.165) is 19.4 Å². The van der Waals surface area contributed by atoms with Crippen LogP contribution in [0.15, 0.2) is 11.7 Å². The summed E-state index contributed by atoms with van der Waals surface area (Å²) in [7, 11) is 0. The third kappa shape index (κ3) is 2.91. The van der Waals surface area contributed by atoms with E-state index >= 15 is 0 Å². The van der Waals surface area contributed by atoms with Gasteiger partial charge in [-0.3, -0.25) is 4.98 Å². The number of hydrogen-bond acceptors (Lipinski definition) is 3. The molecule has 2 nitrogen and oxygen atoms in total. The average Bonchev–Trinajstić information content (AvgIpc) is 2.38. The lowest BCUT2D eigenvalue weighted by atomic mass is 9.85. The first-order valence-corrected chi connectivity index (χ1v) is 5.09. The molecule has 0 aliphatic heterocycles. The highest BCUT2D eigenvalue weighted by atomic mass is 32.1.